The van der Waals surface area contributed by atoms with E-state index in [9.17, 15) is 36.4 Å². The lowest BCUT2D eigenvalue weighted by Crippen LogP contribution is -2.47. The van der Waals surface area contributed by atoms with Crippen molar-refractivity contribution in [1.82, 2.24) is 0 Å². The number of benzene rings is 2. The minimum Gasteiger partial charge on any atom is -0.508 e. The number of halogens is 5. The van der Waals surface area contributed by atoms with Crippen molar-refractivity contribution in [2.45, 2.75) is 81.9 Å². The Bertz CT molecular complexity index is 1300. The van der Waals surface area contributed by atoms with E-state index in [0.29, 0.717) is 29.3 Å². The summed E-state index contributed by atoms with van der Waals surface area (Å²) in [6.07, 6.45) is -3.01. The summed E-state index contributed by atoms with van der Waals surface area (Å²) < 4.78 is 85.7. The fraction of sp³-hybridized carbons (Fsp3) is 0.636. The zero-order valence-electron chi connectivity index (χ0n) is 24.8. The van der Waals surface area contributed by atoms with E-state index in [1.807, 2.05) is 18.2 Å². The second-order valence-corrected chi connectivity index (χ2v) is 14.5. The molecule has 0 aromatic heterocycles. The number of rotatable bonds is 12. The second-order valence-electron chi connectivity index (χ2n) is 12.8. The first-order valence-electron chi connectivity index (χ1n) is 15.4. The molecule has 11 heteroatoms. The molecule has 2 N–H and O–H groups in total. The van der Waals surface area contributed by atoms with Gasteiger partial charge in [-0.15, -0.1) is 0 Å². The van der Waals surface area contributed by atoms with Crippen LogP contribution >= 0.6 is 0 Å². The van der Waals surface area contributed by atoms with Crippen LogP contribution in [-0.4, -0.2) is 64.0 Å². The molecule has 2 aromatic carbocycles. The molecule has 1 unspecified atom stereocenters. The third-order valence-electron chi connectivity index (χ3n) is 10.2. The number of phenols is 1. The number of fused-ring (bicyclic) bond motifs is 5. The molecule has 0 heterocycles. The first-order chi connectivity index (χ1) is 20.8. The zero-order valence-corrected chi connectivity index (χ0v) is 25.6. The third-order valence-corrected chi connectivity index (χ3v) is 11.6. The lowest BCUT2D eigenvalue weighted by Gasteiger charge is -2.54. The Morgan fingerprint density at radius 3 is 2.45 bits per heavy atom. The summed E-state index contributed by atoms with van der Waals surface area (Å²) in [5.74, 6) is -2.53. The number of aryl methyl sites for hydroxylation is 1. The van der Waals surface area contributed by atoms with Crippen LogP contribution in [0.3, 0.4) is 0 Å². The van der Waals surface area contributed by atoms with E-state index in [0.717, 1.165) is 32.1 Å². The highest BCUT2D eigenvalue weighted by Crippen LogP contribution is 2.65. The highest BCUT2D eigenvalue weighted by atomic mass is 32.2. The van der Waals surface area contributed by atoms with E-state index in [2.05, 4.69) is 25.1 Å². The molecule has 0 radical (unpaired) electrons. The van der Waals surface area contributed by atoms with Crippen LogP contribution in [0.15, 0.2) is 42.5 Å². The first-order valence-corrected chi connectivity index (χ1v) is 16.9. The molecule has 2 saturated carbocycles. The molecule has 0 aliphatic heterocycles. The number of phenolic OH excluding ortho intramolecular Hbond substituents is 1. The molecule has 3 aliphatic rings. The minimum atomic E-state index is -5.59. The summed E-state index contributed by atoms with van der Waals surface area (Å²) in [5.41, 5.74) is 3.58. The van der Waals surface area contributed by atoms with Gasteiger partial charge in [-0.05, 0) is 109 Å². The SMILES string of the molecule is C[C@]12C[C@H](c3ccc(OCCOCCS(=O)CCCC(F)(F)C(F)(F)F)cc3)[C@@H]3c4ccc(O)cc4CC[C@H]3[C@@H]1CC[C@@H]2O. The number of hydrogen-bond donors (Lipinski definition) is 2. The van der Waals surface area contributed by atoms with Crippen molar-refractivity contribution in [3.63, 3.8) is 0 Å². The molecule has 7 atom stereocenters. The molecule has 244 valence electrons. The third kappa shape index (κ3) is 6.94. The van der Waals surface area contributed by atoms with Crippen LogP contribution in [-0.2, 0) is 22.0 Å². The van der Waals surface area contributed by atoms with Crippen molar-refractivity contribution in [2.75, 3.05) is 31.3 Å². The highest BCUT2D eigenvalue weighted by Gasteiger charge is 2.58. The van der Waals surface area contributed by atoms with Gasteiger partial charge in [0, 0.05) is 28.7 Å². The topological polar surface area (TPSA) is 76.0 Å². The van der Waals surface area contributed by atoms with E-state index in [1.54, 1.807) is 6.07 Å². The van der Waals surface area contributed by atoms with Gasteiger partial charge >= 0.3 is 12.1 Å². The van der Waals surface area contributed by atoms with Crippen molar-refractivity contribution in [3.8, 4) is 11.5 Å². The molecule has 2 aromatic rings. The molecule has 0 saturated heterocycles. The smallest absolute Gasteiger partial charge is 0.453 e. The molecule has 2 fully saturated rings. The molecule has 5 rings (SSSR count). The van der Waals surface area contributed by atoms with Gasteiger partial charge in [0.05, 0.1) is 19.3 Å². The lowest BCUT2D eigenvalue weighted by atomic mass is 9.51. The number of aliphatic hydroxyl groups is 1. The predicted octanol–water partition coefficient (Wildman–Crippen LogP) is 7.12. The number of alkyl halides is 5. The van der Waals surface area contributed by atoms with Gasteiger partial charge in [0.15, 0.2) is 0 Å². The summed E-state index contributed by atoms with van der Waals surface area (Å²) >= 11 is 0. The number of aromatic hydroxyl groups is 1. The van der Waals surface area contributed by atoms with Crippen LogP contribution < -0.4 is 4.74 Å². The van der Waals surface area contributed by atoms with Crippen LogP contribution in [0.5, 0.6) is 11.5 Å². The van der Waals surface area contributed by atoms with E-state index in [-0.39, 0.29) is 48.8 Å². The Hall–Kier alpha value is -2.24. The van der Waals surface area contributed by atoms with Gasteiger partial charge in [-0.3, -0.25) is 4.21 Å². The van der Waals surface area contributed by atoms with E-state index in [4.69, 9.17) is 9.47 Å². The summed E-state index contributed by atoms with van der Waals surface area (Å²) in [5, 5.41) is 21.2. The van der Waals surface area contributed by atoms with E-state index < -0.39 is 35.7 Å². The fourth-order valence-corrected chi connectivity index (χ4v) is 8.95. The van der Waals surface area contributed by atoms with Gasteiger partial charge in [0.2, 0.25) is 0 Å². The summed E-state index contributed by atoms with van der Waals surface area (Å²) in [4.78, 5) is 0. The maximum Gasteiger partial charge on any atom is 0.453 e. The molecular weight excluding hydrogens is 603 g/mol. The standard InChI is InChI=1S/C33H41F5O5S/c1-31-20-27(30-25-10-6-23(39)19-22(25)5-9-26(30)28(31)11-12-29(31)40)21-3-7-24(8-4-21)43-15-14-42-16-18-44(41)17-2-13-32(34,35)33(36,37)38/h3-4,6-8,10,19,26-30,39-40H,2,5,9,11-18,20H2,1H3/t26-,27+,28-,29-,30+,31-,44?/m0/s1. The van der Waals surface area contributed by atoms with Crippen molar-refractivity contribution in [1.29, 1.82) is 0 Å². The monoisotopic (exact) mass is 644 g/mol. The lowest BCUT2D eigenvalue weighted by molar-refractivity contribution is -0.284. The Kier molecular flexibility index (Phi) is 9.97. The molecule has 0 bridgehead atoms. The van der Waals surface area contributed by atoms with Crippen LogP contribution in [0.2, 0.25) is 0 Å². The van der Waals surface area contributed by atoms with E-state index in [1.165, 1.54) is 16.7 Å². The summed E-state index contributed by atoms with van der Waals surface area (Å²) in [7, 11) is -1.55. The summed E-state index contributed by atoms with van der Waals surface area (Å²) in [6.45, 7) is 2.78. The molecule has 44 heavy (non-hydrogen) atoms. The van der Waals surface area contributed by atoms with E-state index >= 15 is 0 Å². The van der Waals surface area contributed by atoms with Gasteiger partial charge in [-0.2, -0.15) is 22.0 Å². The number of aliphatic hydroxyl groups excluding tert-OH is 1. The molecule has 0 amide bonds. The van der Waals surface area contributed by atoms with Crippen molar-refractivity contribution in [3.05, 3.63) is 59.2 Å². The van der Waals surface area contributed by atoms with Crippen LogP contribution in [0.1, 0.15) is 74.0 Å². The Morgan fingerprint density at radius 1 is 0.977 bits per heavy atom. The first kappa shape index (κ1) is 33.1. The van der Waals surface area contributed by atoms with Crippen molar-refractivity contribution in [2.24, 2.45) is 17.3 Å². The highest BCUT2D eigenvalue weighted by molar-refractivity contribution is 7.84. The Balaban J connectivity index is 1.12. The molecule has 0 spiro atoms. The maximum absolute atomic E-state index is 13.0. The van der Waals surface area contributed by atoms with Crippen LogP contribution in [0.4, 0.5) is 22.0 Å². The average molecular weight is 645 g/mol. The van der Waals surface area contributed by atoms with Gasteiger partial charge < -0.3 is 19.7 Å². The predicted molar refractivity (Wildman–Crippen MR) is 158 cm³/mol. The molecule has 3 aliphatic carbocycles. The van der Waals surface area contributed by atoms with Crippen molar-refractivity contribution >= 4 is 10.8 Å². The minimum absolute atomic E-state index is 0.0487. The Labute approximate surface area is 257 Å². The average Bonchev–Trinajstić information content (AvgIpc) is 3.27. The van der Waals surface area contributed by atoms with Gasteiger partial charge in [-0.25, -0.2) is 0 Å². The fourth-order valence-electron chi connectivity index (χ4n) is 7.98. The normalized spacial score (nSPS) is 29.0. The van der Waals surface area contributed by atoms with Crippen LogP contribution in [0, 0.1) is 17.3 Å². The molecular formula is C33H41F5O5S. The maximum atomic E-state index is 13.0. The zero-order chi connectivity index (χ0) is 31.7. The second kappa shape index (κ2) is 13.2. The Morgan fingerprint density at radius 2 is 1.73 bits per heavy atom. The van der Waals surface area contributed by atoms with Gasteiger partial charge in [0.25, 0.3) is 0 Å². The number of hydrogen-bond acceptors (Lipinski definition) is 5. The largest absolute Gasteiger partial charge is 0.508 e. The van der Waals surface area contributed by atoms with Gasteiger partial charge in [0.1, 0.15) is 18.1 Å². The number of ether oxygens (including phenoxy) is 2. The van der Waals surface area contributed by atoms with Crippen molar-refractivity contribution < 1.29 is 45.8 Å². The van der Waals surface area contributed by atoms with Gasteiger partial charge in [-0.1, -0.05) is 25.1 Å². The quantitative estimate of drug-likeness (QED) is 0.190. The van der Waals surface area contributed by atoms with Crippen LogP contribution in [0.25, 0.3) is 0 Å². The summed E-state index contributed by atoms with van der Waals surface area (Å²) in [6, 6.07) is 13.8. The molecule has 5 nitrogen and oxygen atoms in total.